The third-order valence-electron chi connectivity index (χ3n) is 3.18. The first kappa shape index (κ1) is 11.6. The SMILES string of the molecule is CCn1ccnc1CC(O)C1CCCCO1. The number of aliphatic hydroxyl groups excluding tert-OH is 1. The number of ether oxygens (including phenoxy) is 1. The Bertz CT molecular complexity index is 319. The van der Waals surface area contributed by atoms with Gasteiger partial charge in [-0.2, -0.15) is 0 Å². The molecule has 16 heavy (non-hydrogen) atoms. The summed E-state index contributed by atoms with van der Waals surface area (Å²) in [5.74, 6) is 0.948. The Kier molecular flexibility index (Phi) is 3.96. The first-order valence-electron chi connectivity index (χ1n) is 6.11. The normalized spacial score (nSPS) is 23.2. The smallest absolute Gasteiger partial charge is 0.111 e. The Morgan fingerprint density at radius 1 is 1.62 bits per heavy atom. The highest BCUT2D eigenvalue weighted by atomic mass is 16.5. The van der Waals surface area contributed by atoms with Crippen molar-refractivity contribution in [3.63, 3.8) is 0 Å². The van der Waals surface area contributed by atoms with Crippen LogP contribution in [0, 0.1) is 0 Å². The van der Waals surface area contributed by atoms with Gasteiger partial charge >= 0.3 is 0 Å². The topological polar surface area (TPSA) is 47.3 Å². The van der Waals surface area contributed by atoms with E-state index >= 15 is 0 Å². The molecule has 4 nitrogen and oxygen atoms in total. The molecule has 1 saturated heterocycles. The molecule has 0 amide bonds. The summed E-state index contributed by atoms with van der Waals surface area (Å²) >= 11 is 0. The molecule has 2 heterocycles. The van der Waals surface area contributed by atoms with Gasteiger partial charge in [0.05, 0.1) is 12.2 Å². The largest absolute Gasteiger partial charge is 0.390 e. The lowest BCUT2D eigenvalue weighted by molar-refractivity contribution is -0.0619. The van der Waals surface area contributed by atoms with Gasteiger partial charge in [0.25, 0.3) is 0 Å². The zero-order valence-corrected chi connectivity index (χ0v) is 9.80. The molecule has 4 heteroatoms. The molecule has 0 bridgehead atoms. The van der Waals surface area contributed by atoms with E-state index in [4.69, 9.17) is 4.74 Å². The van der Waals surface area contributed by atoms with Gasteiger partial charge in [0.2, 0.25) is 0 Å². The van der Waals surface area contributed by atoms with Crippen LogP contribution >= 0.6 is 0 Å². The number of aryl methyl sites for hydroxylation is 1. The van der Waals surface area contributed by atoms with Crippen molar-refractivity contribution in [3.8, 4) is 0 Å². The number of aromatic nitrogens is 2. The van der Waals surface area contributed by atoms with Crippen LogP contribution in [-0.2, 0) is 17.7 Å². The zero-order valence-electron chi connectivity index (χ0n) is 9.80. The molecular formula is C12H20N2O2. The van der Waals surface area contributed by atoms with Crippen LogP contribution in [0.5, 0.6) is 0 Å². The number of aliphatic hydroxyl groups is 1. The van der Waals surface area contributed by atoms with Crippen molar-refractivity contribution in [1.82, 2.24) is 9.55 Å². The summed E-state index contributed by atoms with van der Waals surface area (Å²) in [5.41, 5.74) is 0. The molecule has 2 rings (SSSR count). The van der Waals surface area contributed by atoms with Gasteiger partial charge in [-0.25, -0.2) is 4.98 Å². The summed E-state index contributed by atoms with van der Waals surface area (Å²) in [7, 11) is 0. The second kappa shape index (κ2) is 5.46. The fourth-order valence-corrected chi connectivity index (χ4v) is 2.21. The maximum atomic E-state index is 10.1. The van der Waals surface area contributed by atoms with Gasteiger partial charge in [-0.3, -0.25) is 0 Å². The number of imidazole rings is 1. The van der Waals surface area contributed by atoms with Gasteiger partial charge in [-0.05, 0) is 26.2 Å². The lowest BCUT2D eigenvalue weighted by atomic mass is 10.0. The molecular weight excluding hydrogens is 204 g/mol. The minimum atomic E-state index is -0.423. The van der Waals surface area contributed by atoms with Crippen LogP contribution in [0.4, 0.5) is 0 Å². The molecule has 0 saturated carbocycles. The average Bonchev–Trinajstić information content (AvgIpc) is 2.77. The lowest BCUT2D eigenvalue weighted by Gasteiger charge is -2.27. The molecule has 1 fully saturated rings. The first-order chi connectivity index (χ1) is 7.81. The quantitative estimate of drug-likeness (QED) is 0.840. The Balaban J connectivity index is 1.93. The summed E-state index contributed by atoms with van der Waals surface area (Å²) in [5, 5.41) is 10.1. The lowest BCUT2D eigenvalue weighted by Crippen LogP contribution is -2.34. The maximum absolute atomic E-state index is 10.1. The first-order valence-corrected chi connectivity index (χ1v) is 6.11. The predicted molar refractivity (Wildman–Crippen MR) is 61.2 cm³/mol. The molecule has 1 N–H and O–H groups in total. The summed E-state index contributed by atoms with van der Waals surface area (Å²) in [6.45, 7) is 3.76. The van der Waals surface area contributed by atoms with Crippen LogP contribution in [0.25, 0.3) is 0 Å². The van der Waals surface area contributed by atoms with Crippen molar-refractivity contribution in [2.24, 2.45) is 0 Å². The monoisotopic (exact) mass is 224 g/mol. The second-order valence-corrected chi connectivity index (χ2v) is 4.31. The third-order valence-corrected chi connectivity index (χ3v) is 3.18. The molecule has 1 aromatic rings. The van der Waals surface area contributed by atoms with Gasteiger partial charge in [-0.15, -0.1) is 0 Å². The number of hydrogen-bond acceptors (Lipinski definition) is 3. The van der Waals surface area contributed by atoms with E-state index in [9.17, 15) is 5.11 Å². The highest BCUT2D eigenvalue weighted by Gasteiger charge is 2.23. The van der Waals surface area contributed by atoms with Gasteiger partial charge in [0.15, 0.2) is 0 Å². The molecule has 0 aliphatic carbocycles. The van der Waals surface area contributed by atoms with Crippen molar-refractivity contribution >= 4 is 0 Å². The average molecular weight is 224 g/mol. The number of hydrogen-bond donors (Lipinski definition) is 1. The highest BCUT2D eigenvalue weighted by Crippen LogP contribution is 2.18. The van der Waals surface area contributed by atoms with Crippen LogP contribution in [-0.4, -0.2) is 33.5 Å². The summed E-state index contributed by atoms with van der Waals surface area (Å²) in [6, 6.07) is 0. The number of nitrogens with zero attached hydrogens (tertiary/aromatic N) is 2. The van der Waals surface area contributed by atoms with Crippen LogP contribution in [0.1, 0.15) is 32.0 Å². The molecule has 1 aliphatic rings. The fourth-order valence-electron chi connectivity index (χ4n) is 2.21. The van der Waals surface area contributed by atoms with E-state index < -0.39 is 6.10 Å². The molecule has 1 aromatic heterocycles. The van der Waals surface area contributed by atoms with Gasteiger partial charge in [0, 0.05) is 32.0 Å². The van der Waals surface area contributed by atoms with Crippen molar-refractivity contribution in [3.05, 3.63) is 18.2 Å². The third kappa shape index (κ3) is 2.62. The maximum Gasteiger partial charge on any atom is 0.111 e. The van der Waals surface area contributed by atoms with Crippen LogP contribution in [0.3, 0.4) is 0 Å². The second-order valence-electron chi connectivity index (χ2n) is 4.31. The molecule has 1 aliphatic heterocycles. The van der Waals surface area contributed by atoms with Crippen molar-refractivity contribution in [2.45, 2.75) is 51.4 Å². The zero-order chi connectivity index (χ0) is 11.4. The van der Waals surface area contributed by atoms with E-state index in [1.54, 1.807) is 6.20 Å². The van der Waals surface area contributed by atoms with Gasteiger partial charge < -0.3 is 14.4 Å². The van der Waals surface area contributed by atoms with E-state index in [1.165, 1.54) is 0 Å². The van der Waals surface area contributed by atoms with Gasteiger partial charge in [-0.1, -0.05) is 0 Å². The molecule has 2 unspecified atom stereocenters. The summed E-state index contributed by atoms with van der Waals surface area (Å²) in [6.07, 6.45) is 7.14. The number of rotatable bonds is 4. The Labute approximate surface area is 96.3 Å². The highest BCUT2D eigenvalue weighted by molar-refractivity contribution is 4.95. The Morgan fingerprint density at radius 3 is 3.19 bits per heavy atom. The Morgan fingerprint density at radius 2 is 2.50 bits per heavy atom. The van der Waals surface area contributed by atoms with Crippen LogP contribution < -0.4 is 0 Å². The molecule has 2 atom stereocenters. The van der Waals surface area contributed by atoms with E-state index in [0.717, 1.165) is 38.2 Å². The molecule has 0 spiro atoms. The predicted octanol–water partition coefficient (Wildman–Crippen LogP) is 1.38. The van der Waals surface area contributed by atoms with Crippen molar-refractivity contribution in [1.29, 1.82) is 0 Å². The summed E-state index contributed by atoms with van der Waals surface area (Å²) in [4.78, 5) is 4.27. The molecule has 0 radical (unpaired) electrons. The van der Waals surface area contributed by atoms with Crippen molar-refractivity contribution in [2.75, 3.05) is 6.61 Å². The van der Waals surface area contributed by atoms with E-state index in [1.807, 2.05) is 6.20 Å². The Hall–Kier alpha value is -0.870. The van der Waals surface area contributed by atoms with Crippen molar-refractivity contribution < 1.29 is 9.84 Å². The van der Waals surface area contributed by atoms with Crippen LogP contribution in [0.2, 0.25) is 0 Å². The minimum absolute atomic E-state index is 0.00393. The standard InChI is InChI=1S/C12H20N2O2/c1-2-14-7-6-13-12(14)9-10(15)11-5-3-4-8-16-11/h6-7,10-11,15H,2-5,8-9H2,1H3. The van der Waals surface area contributed by atoms with Gasteiger partial charge in [0.1, 0.15) is 5.82 Å². The van der Waals surface area contributed by atoms with E-state index in [2.05, 4.69) is 16.5 Å². The van der Waals surface area contributed by atoms with E-state index in [0.29, 0.717) is 6.42 Å². The fraction of sp³-hybridized carbons (Fsp3) is 0.750. The van der Waals surface area contributed by atoms with E-state index in [-0.39, 0.29) is 6.10 Å². The van der Waals surface area contributed by atoms with Crippen LogP contribution in [0.15, 0.2) is 12.4 Å². The molecule has 0 aromatic carbocycles. The summed E-state index contributed by atoms with van der Waals surface area (Å²) < 4.78 is 7.64. The molecule has 90 valence electrons. The minimum Gasteiger partial charge on any atom is -0.390 e.